The molecule has 2 aliphatic rings. The Balaban J connectivity index is 1.56. The highest BCUT2D eigenvalue weighted by Crippen LogP contribution is 2.46. The van der Waals surface area contributed by atoms with Crippen LogP contribution in [-0.2, 0) is 5.75 Å². The summed E-state index contributed by atoms with van der Waals surface area (Å²) < 4.78 is 7.88. The number of rotatable bonds is 6. The van der Waals surface area contributed by atoms with Gasteiger partial charge in [-0.1, -0.05) is 29.5 Å². The van der Waals surface area contributed by atoms with E-state index in [0.717, 1.165) is 16.7 Å². The maximum atomic E-state index is 5.48. The molecule has 4 rings (SSSR count). The van der Waals surface area contributed by atoms with Gasteiger partial charge in [0.2, 0.25) is 0 Å². The predicted molar refractivity (Wildman–Crippen MR) is 87.6 cm³/mol. The van der Waals surface area contributed by atoms with Gasteiger partial charge in [0, 0.05) is 23.3 Å². The summed E-state index contributed by atoms with van der Waals surface area (Å²) >= 11 is 1.78. The zero-order valence-electron chi connectivity index (χ0n) is 13.1. The Labute approximate surface area is 135 Å². The number of methoxy groups -OCH3 is 1. The predicted octanol–water partition coefficient (Wildman–Crippen LogP) is 4.10. The third kappa shape index (κ3) is 2.74. The molecule has 2 aromatic rings. The lowest BCUT2D eigenvalue weighted by Crippen LogP contribution is -2.02. The highest BCUT2D eigenvalue weighted by molar-refractivity contribution is 7.98. The summed E-state index contributed by atoms with van der Waals surface area (Å²) in [6.07, 6.45) is 5.11. The highest BCUT2D eigenvalue weighted by atomic mass is 32.2. The Morgan fingerprint density at radius 3 is 2.73 bits per heavy atom. The van der Waals surface area contributed by atoms with Gasteiger partial charge < -0.3 is 9.30 Å². The van der Waals surface area contributed by atoms with E-state index in [2.05, 4.69) is 33.8 Å². The normalized spacial score (nSPS) is 17.7. The molecule has 0 unspecified atom stereocenters. The Morgan fingerprint density at radius 1 is 1.23 bits per heavy atom. The second kappa shape index (κ2) is 5.61. The van der Waals surface area contributed by atoms with Gasteiger partial charge in [0.1, 0.15) is 11.6 Å². The minimum Gasteiger partial charge on any atom is -0.496 e. The quantitative estimate of drug-likeness (QED) is 0.752. The summed E-state index contributed by atoms with van der Waals surface area (Å²) in [5, 5.41) is 10.0. The zero-order chi connectivity index (χ0) is 15.1. The average Bonchev–Trinajstić information content (AvgIpc) is 3.44. The third-order valence-corrected chi connectivity index (χ3v) is 5.33. The van der Waals surface area contributed by atoms with Crippen LogP contribution in [0.25, 0.3) is 0 Å². The van der Waals surface area contributed by atoms with Crippen LogP contribution in [-0.4, -0.2) is 21.9 Å². The first-order valence-corrected chi connectivity index (χ1v) is 8.96. The lowest BCUT2D eigenvalue weighted by Gasteiger charge is -2.10. The molecular formula is C17H21N3OS. The van der Waals surface area contributed by atoms with E-state index in [1.807, 2.05) is 6.07 Å². The number of aryl methyl sites for hydroxylation is 1. The summed E-state index contributed by atoms with van der Waals surface area (Å²) in [5.74, 6) is 3.72. The first kappa shape index (κ1) is 14.1. The van der Waals surface area contributed by atoms with Crippen LogP contribution < -0.4 is 4.74 Å². The molecular weight excluding hydrogens is 294 g/mol. The molecule has 0 radical (unpaired) electrons. The van der Waals surface area contributed by atoms with E-state index in [1.54, 1.807) is 18.9 Å². The molecule has 0 N–H and O–H groups in total. The van der Waals surface area contributed by atoms with Crippen molar-refractivity contribution in [1.82, 2.24) is 14.8 Å². The van der Waals surface area contributed by atoms with E-state index in [-0.39, 0.29) is 0 Å². The number of benzene rings is 1. The Bertz CT molecular complexity index is 689. The molecule has 0 saturated heterocycles. The fourth-order valence-corrected chi connectivity index (χ4v) is 3.84. The minimum atomic E-state index is 0.646. The molecule has 1 heterocycles. The number of hydrogen-bond acceptors (Lipinski definition) is 4. The molecule has 4 nitrogen and oxygen atoms in total. The maximum Gasteiger partial charge on any atom is 0.191 e. The first-order chi connectivity index (χ1) is 10.8. The molecule has 0 aliphatic heterocycles. The van der Waals surface area contributed by atoms with Gasteiger partial charge in [-0.2, -0.15) is 0 Å². The van der Waals surface area contributed by atoms with Crippen LogP contribution in [0.5, 0.6) is 5.75 Å². The zero-order valence-corrected chi connectivity index (χ0v) is 13.9. The van der Waals surface area contributed by atoms with Gasteiger partial charge >= 0.3 is 0 Å². The van der Waals surface area contributed by atoms with Crippen molar-refractivity contribution in [3.05, 3.63) is 35.2 Å². The fraction of sp³-hybridized carbons (Fsp3) is 0.529. The minimum absolute atomic E-state index is 0.646. The van der Waals surface area contributed by atoms with Gasteiger partial charge in [0.15, 0.2) is 5.16 Å². The molecule has 5 heteroatoms. The van der Waals surface area contributed by atoms with E-state index in [9.17, 15) is 0 Å². The van der Waals surface area contributed by atoms with Crippen LogP contribution in [0.1, 0.15) is 54.6 Å². The van der Waals surface area contributed by atoms with Gasteiger partial charge in [0.05, 0.1) is 7.11 Å². The Hall–Kier alpha value is -1.49. The van der Waals surface area contributed by atoms with Gasteiger partial charge in [-0.25, -0.2) is 0 Å². The van der Waals surface area contributed by atoms with Crippen molar-refractivity contribution < 1.29 is 4.74 Å². The van der Waals surface area contributed by atoms with Crippen molar-refractivity contribution in [2.24, 2.45) is 0 Å². The summed E-state index contributed by atoms with van der Waals surface area (Å²) in [4.78, 5) is 0. The smallest absolute Gasteiger partial charge is 0.191 e. The van der Waals surface area contributed by atoms with Crippen molar-refractivity contribution in [2.45, 2.75) is 55.5 Å². The number of hydrogen-bond donors (Lipinski definition) is 0. The standard InChI is InChI=1S/C17H21N3OS/c1-11-3-8-15(21-2)13(9-11)10-22-17-19-18-16(12-4-5-12)20(17)14-6-7-14/h3,8-9,12,14H,4-7,10H2,1-2H3. The van der Waals surface area contributed by atoms with Gasteiger partial charge in [-0.05, 0) is 38.7 Å². The van der Waals surface area contributed by atoms with Crippen LogP contribution in [0.4, 0.5) is 0 Å². The van der Waals surface area contributed by atoms with Crippen LogP contribution in [0.3, 0.4) is 0 Å². The largest absolute Gasteiger partial charge is 0.496 e. The van der Waals surface area contributed by atoms with E-state index in [4.69, 9.17) is 4.74 Å². The van der Waals surface area contributed by atoms with Crippen molar-refractivity contribution in [2.75, 3.05) is 7.11 Å². The Morgan fingerprint density at radius 2 is 2.05 bits per heavy atom. The third-order valence-electron chi connectivity index (χ3n) is 4.34. The first-order valence-electron chi connectivity index (χ1n) is 7.97. The number of aromatic nitrogens is 3. The maximum absolute atomic E-state index is 5.48. The van der Waals surface area contributed by atoms with Crippen LogP contribution in [0.2, 0.25) is 0 Å². The van der Waals surface area contributed by atoms with E-state index >= 15 is 0 Å². The monoisotopic (exact) mass is 315 g/mol. The molecule has 0 bridgehead atoms. The van der Waals surface area contributed by atoms with E-state index in [0.29, 0.717) is 12.0 Å². The SMILES string of the molecule is COc1ccc(C)cc1CSc1nnc(C2CC2)n1C1CC1. The molecule has 0 spiro atoms. The van der Waals surface area contributed by atoms with Crippen LogP contribution in [0.15, 0.2) is 23.4 Å². The summed E-state index contributed by atoms with van der Waals surface area (Å²) in [7, 11) is 1.73. The summed E-state index contributed by atoms with van der Waals surface area (Å²) in [6, 6.07) is 6.98. The lowest BCUT2D eigenvalue weighted by molar-refractivity contribution is 0.411. The topological polar surface area (TPSA) is 39.9 Å². The van der Waals surface area contributed by atoms with Crippen molar-refractivity contribution in [1.29, 1.82) is 0 Å². The molecule has 2 saturated carbocycles. The van der Waals surface area contributed by atoms with Crippen LogP contribution in [0, 0.1) is 6.92 Å². The lowest BCUT2D eigenvalue weighted by atomic mass is 10.1. The average molecular weight is 315 g/mol. The van der Waals surface area contributed by atoms with Crippen LogP contribution >= 0.6 is 11.8 Å². The van der Waals surface area contributed by atoms with Crippen molar-refractivity contribution >= 4 is 11.8 Å². The molecule has 2 fully saturated rings. The van der Waals surface area contributed by atoms with Crippen molar-refractivity contribution in [3.8, 4) is 5.75 Å². The molecule has 1 aromatic heterocycles. The van der Waals surface area contributed by atoms with Gasteiger partial charge in [-0.3, -0.25) is 0 Å². The molecule has 2 aliphatic carbocycles. The highest BCUT2D eigenvalue weighted by Gasteiger charge is 2.36. The second-order valence-corrected chi connectivity index (χ2v) is 7.26. The molecule has 0 atom stereocenters. The summed E-state index contributed by atoms with van der Waals surface area (Å²) in [5.41, 5.74) is 2.49. The van der Waals surface area contributed by atoms with Crippen molar-refractivity contribution in [3.63, 3.8) is 0 Å². The molecule has 116 valence electrons. The Kier molecular flexibility index (Phi) is 3.60. The molecule has 0 amide bonds. The van der Waals surface area contributed by atoms with Gasteiger partial charge in [-0.15, -0.1) is 10.2 Å². The molecule has 1 aromatic carbocycles. The molecule has 22 heavy (non-hydrogen) atoms. The number of nitrogens with zero attached hydrogens (tertiary/aromatic N) is 3. The fourth-order valence-electron chi connectivity index (χ4n) is 2.85. The van der Waals surface area contributed by atoms with E-state index in [1.165, 1.54) is 42.6 Å². The van der Waals surface area contributed by atoms with Gasteiger partial charge in [0.25, 0.3) is 0 Å². The number of ether oxygens (including phenoxy) is 1. The second-order valence-electron chi connectivity index (χ2n) is 6.32. The van der Waals surface area contributed by atoms with E-state index < -0.39 is 0 Å². The number of thioether (sulfide) groups is 1. The summed E-state index contributed by atoms with van der Waals surface area (Å²) in [6.45, 7) is 2.12.